The van der Waals surface area contributed by atoms with E-state index < -0.39 is 30.0 Å². The predicted octanol–water partition coefficient (Wildman–Crippen LogP) is 3.78. The van der Waals surface area contributed by atoms with Crippen LogP contribution < -0.4 is 14.8 Å². The van der Waals surface area contributed by atoms with Crippen molar-refractivity contribution in [2.24, 2.45) is 5.92 Å². The molecule has 0 heterocycles. The van der Waals surface area contributed by atoms with Gasteiger partial charge in [-0.25, -0.2) is 4.39 Å². The van der Waals surface area contributed by atoms with E-state index in [1.807, 2.05) is 22.6 Å². The minimum Gasteiger partial charge on any atom is -0.493 e. The molecule has 1 saturated carbocycles. The fourth-order valence-electron chi connectivity index (χ4n) is 5.59. The van der Waals surface area contributed by atoms with Crippen LogP contribution in [0.5, 0.6) is 11.5 Å². The van der Waals surface area contributed by atoms with E-state index in [9.17, 15) is 29.0 Å². The van der Waals surface area contributed by atoms with Crippen LogP contribution in [0.25, 0.3) is 0 Å². The van der Waals surface area contributed by atoms with E-state index in [1.54, 1.807) is 23.1 Å². The molecule has 0 bridgehead atoms. The fourth-order valence-corrected chi connectivity index (χ4v) is 6.35. The van der Waals surface area contributed by atoms with Crippen molar-refractivity contribution < 1.29 is 38.5 Å². The lowest BCUT2D eigenvalue weighted by Gasteiger charge is -2.41. The number of carbonyl (C=O) groups is 3. The van der Waals surface area contributed by atoms with E-state index in [1.165, 1.54) is 31.4 Å². The highest BCUT2D eigenvalue weighted by Crippen LogP contribution is 2.37. The van der Waals surface area contributed by atoms with Crippen LogP contribution >= 0.6 is 22.6 Å². The molecular weight excluding hydrogens is 658 g/mol. The Morgan fingerprint density at radius 2 is 1.90 bits per heavy atom. The van der Waals surface area contributed by atoms with Gasteiger partial charge in [0.25, 0.3) is 0 Å². The third-order valence-corrected chi connectivity index (χ3v) is 8.58. The second kappa shape index (κ2) is 14.9. The second-order valence-electron chi connectivity index (χ2n) is 10.7. The number of ether oxygens (including phenoxy) is 2. The topological polar surface area (TPSA) is 125 Å². The third kappa shape index (κ3) is 7.87. The maximum atomic E-state index is 13.8. The fraction of sp³-hybridized carbons (Fsp3) is 0.452. The Kier molecular flexibility index (Phi) is 11.3. The van der Waals surface area contributed by atoms with Crippen LogP contribution in [0.4, 0.5) is 4.39 Å². The summed E-state index contributed by atoms with van der Waals surface area (Å²) in [6.45, 7) is -0.103. The quantitative estimate of drug-likeness (QED) is 0.228. The number of carbonyl (C=O) groups excluding carboxylic acids is 3. The molecule has 3 N–H and O–H groups in total. The van der Waals surface area contributed by atoms with Crippen molar-refractivity contribution in [3.05, 3.63) is 68.6 Å². The van der Waals surface area contributed by atoms with Crippen molar-refractivity contribution in [2.75, 3.05) is 20.3 Å². The molecule has 2 aliphatic rings. The molecule has 2 amide bonds. The first-order valence-corrected chi connectivity index (χ1v) is 15.1. The molecule has 0 radical (unpaired) electrons. The average molecular weight is 695 g/mol. The van der Waals surface area contributed by atoms with E-state index in [0.717, 1.165) is 25.7 Å². The Balaban J connectivity index is 1.71. The summed E-state index contributed by atoms with van der Waals surface area (Å²) in [7, 11) is 1.43. The molecule has 3 unspecified atom stereocenters. The summed E-state index contributed by atoms with van der Waals surface area (Å²) in [5, 5.41) is 23.6. The van der Waals surface area contributed by atoms with Gasteiger partial charge in [-0.1, -0.05) is 25.0 Å². The van der Waals surface area contributed by atoms with Gasteiger partial charge in [0.05, 0.1) is 23.3 Å². The van der Waals surface area contributed by atoms with Gasteiger partial charge in [-0.05, 0) is 77.3 Å². The molecule has 226 valence electrons. The molecular formula is C31H36FIN2O7. The lowest BCUT2D eigenvalue weighted by atomic mass is 9.87. The highest BCUT2D eigenvalue weighted by Gasteiger charge is 2.41. The van der Waals surface area contributed by atoms with Gasteiger partial charge in [-0.15, -0.1) is 0 Å². The Hall–Kier alpha value is -3.03. The van der Waals surface area contributed by atoms with Crippen molar-refractivity contribution in [2.45, 2.75) is 63.3 Å². The molecule has 0 spiro atoms. The number of methoxy groups -OCH3 is 1. The Bertz CT molecular complexity index is 1300. The van der Waals surface area contributed by atoms with Crippen LogP contribution in [0.3, 0.4) is 0 Å². The molecule has 2 aliphatic carbocycles. The first-order valence-electron chi connectivity index (χ1n) is 14.0. The van der Waals surface area contributed by atoms with Crippen molar-refractivity contribution in [3.63, 3.8) is 0 Å². The maximum Gasteiger partial charge on any atom is 0.247 e. The van der Waals surface area contributed by atoms with Crippen LogP contribution in [-0.2, 0) is 16.1 Å². The molecule has 42 heavy (non-hydrogen) atoms. The number of hydrogen-bond acceptors (Lipinski definition) is 7. The Morgan fingerprint density at radius 3 is 2.55 bits per heavy atom. The minimum absolute atomic E-state index is 0.0354. The molecule has 0 aromatic heterocycles. The largest absolute Gasteiger partial charge is 0.493 e. The lowest BCUT2D eigenvalue weighted by Crippen LogP contribution is -2.55. The average Bonchev–Trinajstić information content (AvgIpc) is 3.50. The van der Waals surface area contributed by atoms with Crippen LogP contribution in [0, 0.1) is 15.3 Å². The number of rotatable bonds is 12. The number of nitrogens with zero attached hydrogens (tertiary/aromatic N) is 1. The van der Waals surface area contributed by atoms with Gasteiger partial charge >= 0.3 is 0 Å². The van der Waals surface area contributed by atoms with Gasteiger partial charge in [0.2, 0.25) is 11.8 Å². The summed E-state index contributed by atoms with van der Waals surface area (Å²) in [6.07, 6.45) is 4.33. The summed E-state index contributed by atoms with van der Waals surface area (Å²) in [5.41, 5.74) is 1.36. The van der Waals surface area contributed by atoms with Crippen molar-refractivity contribution in [1.29, 1.82) is 0 Å². The number of benzene rings is 2. The first-order chi connectivity index (χ1) is 20.2. The van der Waals surface area contributed by atoms with Crippen molar-refractivity contribution >= 4 is 40.7 Å². The smallest absolute Gasteiger partial charge is 0.247 e. The highest BCUT2D eigenvalue weighted by atomic mass is 127. The molecule has 2 aromatic rings. The summed E-state index contributed by atoms with van der Waals surface area (Å²) in [4.78, 5) is 39.9. The van der Waals surface area contributed by atoms with Crippen LogP contribution in [0.1, 0.15) is 54.4 Å². The zero-order valence-electron chi connectivity index (χ0n) is 23.4. The van der Waals surface area contributed by atoms with Crippen molar-refractivity contribution in [1.82, 2.24) is 10.2 Å². The molecule has 4 rings (SSSR count). The molecule has 1 fully saturated rings. The number of halogens is 2. The van der Waals surface area contributed by atoms with E-state index in [2.05, 4.69) is 5.32 Å². The number of nitrogens with one attached hydrogen (secondary N) is 1. The second-order valence-corrected chi connectivity index (χ2v) is 11.8. The zero-order valence-corrected chi connectivity index (χ0v) is 25.6. The molecule has 9 nitrogen and oxygen atoms in total. The summed E-state index contributed by atoms with van der Waals surface area (Å²) >= 11 is 2.00. The lowest BCUT2D eigenvalue weighted by molar-refractivity contribution is -0.140. The molecule has 0 saturated heterocycles. The van der Waals surface area contributed by atoms with E-state index in [0.29, 0.717) is 33.0 Å². The first kappa shape index (κ1) is 31.9. The van der Waals surface area contributed by atoms with Gasteiger partial charge < -0.3 is 29.9 Å². The monoisotopic (exact) mass is 694 g/mol. The van der Waals surface area contributed by atoms with Gasteiger partial charge in [-0.3, -0.25) is 14.4 Å². The zero-order chi connectivity index (χ0) is 30.2. The summed E-state index contributed by atoms with van der Waals surface area (Å²) in [5.74, 6) is -0.207. The van der Waals surface area contributed by atoms with Crippen molar-refractivity contribution in [3.8, 4) is 11.5 Å². The SMILES string of the molecule is COc1cc(C=O)cc(I)c1OC1C=C(C(=O)NCCO)CC(N(Cc2ccc(F)cc2)C(=O)CC2CCCC2)C1O. The summed E-state index contributed by atoms with van der Waals surface area (Å²) < 4.78 is 26.0. The van der Waals surface area contributed by atoms with E-state index in [-0.39, 0.29) is 49.4 Å². The Labute approximate surface area is 258 Å². The number of aliphatic hydroxyl groups is 2. The van der Waals surface area contributed by atoms with Crippen LogP contribution in [-0.4, -0.2) is 71.7 Å². The van der Waals surface area contributed by atoms with Crippen LogP contribution in [0.2, 0.25) is 0 Å². The molecule has 11 heteroatoms. The van der Waals surface area contributed by atoms with Gasteiger partial charge in [0.15, 0.2) is 11.5 Å². The van der Waals surface area contributed by atoms with Crippen LogP contribution in [0.15, 0.2) is 48.0 Å². The normalized spacial score (nSPS) is 20.5. The molecule has 0 aliphatic heterocycles. The highest BCUT2D eigenvalue weighted by molar-refractivity contribution is 14.1. The maximum absolute atomic E-state index is 13.8. The number of amides is 2. The predicted molar refractivity (Wildman–Crippen MR) is 162 cm³/mol. The molecule has 2 aromatic carbocycles. The van der Waals surface area contributed by atoms with Gasteiger partial charge in [0, 0.05) is 37.1 Å². The van der Waals surface area contributed by atoms with Gasteiger partial charge in [0.1, 0.15) is 24.3 Å². The standard InChI is InChI=1S/C31H36FIN2O7/c1-41-27-13-21(18-37)12-24(33)30(27)42-26-16-22(31(40)34-10-11-36)15-25(29(26)39)35(17-20-6-8-23(32)9-7-20)28(38)14-19-4-2-3-5-19/h6-9,12-13,16,18-19,25-26,29,36,39H,2-5,10-11,14-15,17H2,1H3,(H,34,40). The minimum atomic E-state index is -1.24. The number of aliphatic hydroxyl groups excluding tert-OH is 2. The number of hydrogen-bond donors (Lipinski definition) is 3. The van der Waals surface area contributed by atoms with E-state index in [4.69, 9.17) is 9.47 Å². The van der Waals surface area contributed by atoms with Gasteiger partial charge in [-0.2, -0.15) is 0 Å². The third-order valence-electron chi connectivity index (χ3n) is 7.78. The molecule has 3 atom stereocenters. The number of aldehydes is 1. The van der Waals surface area contributed by atoms with E-state index >= 15 is 0 Å². The summed E-state index contributed by atoms with van der Waals surface area (Å²) in [6, 6.07) is 8.13. The Morgan fingerprint density at radius 1 is 1.19 bits per heavy atom.